The monoisotopic (exact) mass is 258 g/mol. The van der Waals surface area contributed by atoms with Gasteiger partial charge in [-0.25, -0.2) is 0 Å². The molecular weight excluding hydrogens is 232 g/mol. The van der Waals surface area contributed by atoms with Gasteiger partial charge in [0.05, 0.1) is 19.3 Å². The first-order valence-corrected chi connectivity index (χ1v) is 6.64. The number of carbonyl (C=O) groups is 1. The van der Waals surface area contributed by atoms with Crippen molar-refractivity contribution < 1.29 is 14.3 Å². The number of hydrogen-bond donors (Lipinski definition) is 1. The Hall–Kier alpha value is -0.650. The van der Waals surface area contributed by atoms with Gasteiger partial charge in [0.2, 0.25) is 5.91 Å². The van der Waals surface area contributed by atoms with Gasteiger partial charge in [-0.2, -0.15) is 0 Å². The third kappa shape index (κ3) is 4.23. The van der Waals surface area contributed by atoms with Crippen LogP contribution >= 0.6 is 0 Å². The predicted octanol–water partition coefficient (Wildman–Crippen LogP) is 0.624. The van der Waals surface area contributed by atoms with Crippen molar-refractivity contribution in [3.63, 3.8) is 0 Å². The quantitative estimate of drug-likeness (QED) is 0.727. The Morgan fingerprint density at radius 3 is 2.61 bits per heavy atom. The molecule has 2 N–H and O–H groups in total. The summed E-state index contributed by atoms with van der Waals surface area (Å²) in [5, 5.41) is 0. The zero-order valence-corrected chi connectivity index (χ0v) is 11.7. The van der Waals surface area contributed by atoms with Crippen molar-refractivity contribution >= 4 is 5.91 Å². The van der Waals surface area contributed by atoms with Crippen LogP contribution in [0.25, 0.3) is 0 Å². The summed E-state index contributed by atoms with van der Waals surface area (Å²) >= 11 is 0. The highest BCUT2D eigenvalue weighted by Crippen LogP contribution is 2.26. The van der Waals surface area contributed by atoms with E-state index in [1.807, 2.05) is 11.8 Å². The fourth-order valence-electron chi connectivity index (χ4n) is 2.54. The van der Waals surface area contributed by atoms with Gasteiger partial charge in [-0.15, -0.1) is 0 Å². The topological polar surface area (TPSA) is 64.8 Å². The van der Waals surface area contributed by atoms with E-state index in [-0.39, 0.29) is 23.9 Å². The van der Waals surface area contributed by atoms with Crippen LogP contribution in [0, 0.1) is 5.92 Å². The molecule has 1 aliphatic carbocycles. The van der Waals surface area contributed by atoms with Crippen LogP contribution in [0.1, 0.15) is 26.2 Å². The molecule has 0 saturated heterocycles. The summed E-state index contributed by atoms with van der Waals surface area (Å²) in [6.07, 6.45) is 2.67. The van der Waals surface area contributed by atoms with Gasteiger partial charge in [0.25, 0.3) is 0 Å². The zero-order chi connectivity index (χ0) is 13.5. The van der Waals surface area contributed by atoms with Crippen molar-refractivity contribution in [2.45, 2.75) is 38.3 Å². The fraction of sp³-hybridized carbons (Fsp3) is 0.923. The number of methoxy groups -OCH3 is 2. The van der Waals surface area contributed by atoms with Crippen molar-refractivity contribution in [1.82, 2.24) is 4.90 Å². The van der Waals surface area contributed by atoms with E-state index in [1.165, 1.54) is 0 Å². The molecule has 1 fully saturated rings. The Balaban J connectivity index is 2.59. The molecule has 0 aromatic rings. The SMILES string of the molecule is COCCN(C(=O)C1CCC(N)C1)C(C)COC. The van der Waals surface area contributed by atoms with E-state index < -0.39 is 0 Å². The number of nitrogens with zero attached hydrogens (tertiary/aromatic N) is 1. The van der Waals surface area contributed by atoms with Crippen LogP contribution in [0.4, 0.5) is 0 Å². The second-order valence-corrected chi connectivity index (χ2v) is 5.10. The van der Waals surface area contributed by atoms with E-state index in [9.17, 15) is 4.79 Å². The van der Waals surface area contributed by atoms with Crippen LogP contribution in [0.3, 0.4) is 0 Å². The zero-order valence-electron chi connectivity index (χ0n) is 11.7. The fourth-order valence-corrected chi connectivity index (χ4v) is 2.54. The summed E-state index contributed by atoms with van der Waals surface area (Å²) in [6, 6.07) is 0.260. The molecule has 5 heteroatoms. The number of nitrogens with two attached hydrogens (primary N) is 1. The molecular formula is C13H26N2O3. The molecule has 1 aliphatic rings. The van der Waals surface area contributed by atoms with Crippen molar-refractivity contribution in [2.24, 2.45) is 11.7 Å². The minimum Gasteiger partial charge on any atom is -0.383 e. The van der Waals surface area contributed by atoms with Gasteiger partial charge in [-0.05, 0) is 26.2 Å². The standard InChI is InChI=1S/C13H26N2O3/c1-10(9-18-3)15(6-7-17-2)13(16)11-4-5-12(14)8-11/h10-12H,4-9,14H2,1-3H3. The van der Waals surface area contributed by atoms with Crippen LogP contribution in [0.15, 0.2) is 0 Å². The number of carbonyl (C=O) groups excluding carboxylic acids is 1. The molecule has 0 aromatic heterocycles. The number of hydrogen-bond acceptors (Lipinski definition) is 4. The predicted molar refractivity (Wildman–Crippen MR) is 70.2 cm³/mol. The molecule has 1 saturated carbocycles. The van der Waals surface area contributed by atoms with E-state index in [2.05, 4.69) is 0 Å². The molecule has 0 aromatic carbocycles. The highest BCUT2D eigenvalue weighted by atomic mass is 16.5. The number of amides is 1. The smallest absolute Gasteiger partial charge is 0.226 e. The van der Waals surface area contributed by atoms with Crippen LogP contribution in [0.2, 0.25) is 0 Å². The van der Waals surface area contributed by atoms with Crippen molar-refractivity contribution in [1.29, 1.82) is 0 Å². The Morgan fingerprint density at radius 1 is 1.39 bits per heavy atom. The first kappa shape index (κ1) is 15.4. The Kier molecular flexibility index (Phi) is 6.60. The molecule has 106 valence electrons. The van der Waals surface area contributed by atoms with Gasteiger partial charge in [0.15, 0.2) is 0 Å². The van der Waals surface area contributed by atoms with E-state index in [4.69, 9.17) is 15.2 Å². The van der Waals surface area contributed by atoms with Crippen LogP contribution in [-0.2, 0) is 14.3 Å². The first-order valence-electron chi connectivity index (χ1n) is 6.64. The summed E-state index contributed by atoms with van der Waals surface area (Å²) < 4.78 is 10.2. The van der Waals surface area contributed by atoms with Gasteiger partial charge in [0, 0.05) is 32.7 Å². The normalized spacial score (nSPS) is 25.1. The lowest BCUT2D eigenvalue weighted by Gasteiger charge is -2.31. The first-order chi connectivity index (χ1) is 8.60. The van der Waals surface area contributed by atoms with Crippen LogP contribution in [-0.4, -0.2) is 56.9 Å². The molecule has 0 heterocycles. The molecule has 3 unspecified atom stereocenters. The summed E-state index contributed by atoms with van der Waals surface area (Å²) in [6.45, 7) is 3.73. The summed E-state index contributed by atoms with van der Waals surface area (Å²) in [5.41, 5.74) is 5.88. The van der Waals surface area contributed by atoms with Gasteiger partial charge in [0.1, 0.15) is 0 Å². The van der Waals surface area contributed by atoms with Crippen LogP contribution < -0.4 is 5.73 Å². The molecule has 1 rings (SSSR count). The molecule has 1 amide bonds. The largest absolute Gasteiger partial charge is 0.383 e. The third-order valence-electron chi connectivity index (χ3n) is 3.58. The van der Waals surface area contributed by atoms with Crippen molar-refractivity contribution in [2.75, 3.05) is 34.0 Å². The second kappa shape index (κ2) is 7.71. The maximum absolute atomic E-state index is 12.5. The highest BCUT2D eigenvalue weighted by Gasteiger charge is 2.32. The lowest BCUT2D eigenvalue weighted by Crippen LogP contribution is -2.45. The van der Waals surface area contributed by atoms with E-state index in [1.54, 1.807) is 14.2 Å². The van der Waals surface area contributed by atoms with E-state index >= 15 is 0 Å². The Labute approximate surface area is 110 Å². The highest BCUT2D eigenvalue weighted by molar-refractivity contribution is 5.79. The molecule has 0 bridgehead atoms. The second-order valence-electron chi connectivity index (χ2n) is 5.10. The van der Waals surface area contributed by atoms with E-state index in [0.29, 0.717) is 19.8 Å². The minimum absolute atomic E-state index is 0.0782. The average molecular weight is 258 g/mol. The molecule has 18 heavy (non-hydrogen) atoms. The Morgan fingerprint density at radius 2 is 2.11 bits per heavy atom. The third-order valence-corrected chi connectivity index (χ3v) is 3.58. The van der Waals surface area contributed by atoms with Crippen molar-refractivity contribution in [3.05, 3.63) is 0 Å². The molecule has 0 radical (unpaired) electrons. The summed E-state index contributed by atoms with van der Waals surface area (Å²) in [5.74, 6) is 0.278. The summed E-state index contributed by atoms with van der Waals surface area (Å²) in [4.78, 5) is 14.3. The molecule has 0 spiro atoms. The number of ether oxygens (including phenoxy) is 2. The van der Waals surface area contributed by atoms with Gasteiger partial charge >= 0.3 is 0 Å². The minimum atomic E-state index is 0.0782. The summed E-state index contributed by atoms with van der Waals surface area (Å²) in [7, 11) is 3.30. The van der Waals surface area contributed by atoms with E-state index in [0.717, 1.165) is 19.3 Å². The maximum atomic E-state index is 12.5. The van der Waals surface area contributed by atoms with Gasteiger partial charge < -0.3 is 20.1 Å². The van der Waals surface area contributed by atoms with Gasteiger partial charge in [-0.3, -0.25) is 4.79 Å². The average Bonchev–Trinajstić information content (AvgIpc) is 2.76. The molecule has 3 atom stereocenters. The number of rotatable bonds is 7. The Bertz CT molecular complexity index is 261. The lowest BCUT2D eigenvalue weighted by atomic mass is 10.1. The van der Waals surface area contributed by atoms with Crippen LogP contribution in [0.5, 0.6) is 0 Å². The van der Waals surface area contributed by atoms with Crippen molar-refractivity contribution in [3.8, 4) is 0 Å². The lowest BCUT2D eigenvalue weighted by molar-refractivity contribution is -0.139. The maximum Gasteiger partial charge on any atom is 0.226 e. The molecule has 5 nitrogen and oxygen atoms in total. The van der Waals surface area contributed by atoms with Gasteiger partial charge in [-0.1, -0.05) is 0 Å². The molecule has 0 aliphatic heterocycles.